The molecule has 3 atom stereocenters. The van der Waals surface area contributed by atoms with Crippen LogP contribution in [-0.2, 0) is 9.53 Å². The minimum Gasteiger partial charge on any atom is -0.445 e. The molecule has 3 unspecified atom stereocenters. The fourth-order valence-electron chi connectivity index (χ4n) is 2.75. The number of amides is 2. The lowest BCUT2D eigenvalue weighted by molar-refractivity contribution is -0.125. The summed E-state index contributed by atoms with van der Waals surface area (Å²) in [6.07, 6.45) is 7.46. The number of carbonyl (C=O) groups excluding carboxylic acids is 2. The largest absolute Gasteiger partial charge is 0.445 e. The molecule has 1 fully saturated rings. The molecule has 0 spiro atoms. The van der Waals surface area contributed by atoms with E-state index in [4.69, 9.17) is 4.74 Å². The summed E-state index contributed by atoms with van der Waals surface area (Å²) in [4.78, 5) is 23.1. The Bertz CT molecular complexity index is 392. The molecule has 0 heterocycles. The van der Waals surface area contributed by atoms with Crippen molar-refractivity contribution in [3.8, 4) is 0 Å². The van der Waals surface area contributed by atoms with Crippen molar-refractivity contribution in [2.75, 3.05) is 19.7 Å². The number of ether oxygens (including phenoxy) is 1. The first kappa shape index (κ1) is 13.6. The maximum Gasteiger partial charge on any atom is 0.407 e. The number of fused-ring (bicyclic) bond motifs is 2. The summed E-state index contributed by atoms with van der Waals surface area (Å²) in [7, 11) is 0. The van der Waals surface area contributed by atoms with E-state index in [1.165, 1.54) is 6.08 Å². The lowest BCUT2D eigenvalue weighted by atomic mass is 9.93. The molecule has 2 N–H and O–H groups in total. The van der Waals surface area contributed by atoms with E-state index in [9.17, 15) is 9.59 Å². The predicted molar refractivity (Wildman–Crippen MR) is 71.4 cm³/mol. The minimum absolute atomic E-state index is 0.0955. The van der Waals surface area contributed by atoms with Crippen LogP contribution in [-0.4, -0.2) is 31.7 Å². The molecule has 2 amide bonds. The fraction of sp³-hybridized carbons (Fsp3) is 0.571. The zero-order chi connectivity index (χ0) is 13.7. The summed E-state index contributed by atoms with van der Waals surface area (Å²) >= 11 is 0. The molecule has 0 aliphatic heterocycles. The van der Waals surface area contributed by atoms with Crippen LogP contribution in [0.4, 0.5) is 4.79 Å². The number of alkyl carbamates (subject to hydrolysis) is 1. The van der Waals surface area contributed by atoms with Crippen molar-refractivity contribution in [3.63, 3.8) is 0 Å². The van der Waals surface area contributed by atoms with E-state index in [-0.39, 0.29) is 18.4 Å². The van der Waals surface area contributed by atoms with Crippen molar-refractivity contribution in [3.05, 3.63) is 24.8 Å². The average molecular weight is 264 g/mol. The second kappa shape index (κ2) is 6.41. The van der Waals surface area contributed by atoms with Gasteiger partial charge in [-0.15, -0.1) is 0 Å². The molecule has 0 aromatic rings. The monoisotopic (exact) mass is 264 g/mol. The second-order valence-electron chi connectivity index (χ2n) is 4.99. The van der Waals surface area contributed by atoms with Crippen LogP contribution >= 0.6 is 0 Å². The van der Waals surface area contributed by atoms with E-state index in [0.29, 0.717) is 24.9 Å². The number of rotatable bonds is 6. The van der Waals surface area contributed by atoms with Gasteiger partial charge in [0, 0.05) is 19.0 Å². The van der Waals surface area contributed by atoms with Crippen LogP contribution in [0, 0.1) is 17.8 Å². The molecular weight excluding hydrogens is 244 g/mol. The highest BCUT2D eigenvalue weighted by Crippen LogP contribution is 2.43. The molecule has 19 heavy (non-hydrogen) atoms. The summed E-state index contributed by atoms with van der Waals surface area (Å²) in [5.41, 5.74) is 0. The van der Waals surface area contributed by atoms with Crippen LogP contribution in [0.3, 0.4) is 0 Å². The van der Waals surface area contributed by atoms with Crippen LogP contribution in [0.5, 0.6) is 0 Å². The zero-order valence-electron chi connectivity index (χ0n) is 10.9. The number of carbonyl (C=O) groups is 2. The zero-order valence-corrected chi connectivity index (χ0v) is 10.9. The highest BCUT2D eigenvalue weighted by molar-refractivity contribution is 5.80. The SMILES string of the molecule is C=CCOC(=O)NCCNC(=O)C1CC2C=CC1C2. The Kier molecular flexibility index (Phi) is 4.60. The van der Waals surface area contributed by atoms with Crippen LogP contribution in [0.2, 0.25) is 0 Å². The molecule has 2 bridgehead atoms. The molecule has 2 aliphatic carbocycles. The van der Waals surface area contributed by atoms with Gasteiger partial charge in [-0.25, -0.2) is 4.79 Å². The van der Waals surface area contributed by atoms with Crippen molar-refractivity contribution < 1.29 is 14.3 Å². The Labute approximate surface area is 113 Å². The summed E-state index contributed by atoms with van der Waals surface area (Å²) < 4.78 is 4.75. The average Bonchev–Trinajstić information content (AvgIpc) is 3.03. The van der Waals surface area contributed by atoms with Gasteiger partial charge in [-0.05, 0) is 24.7 Å². The third kappa shape index (κ3) is 3.59. The molecule has 0 aromatic carbocycles. The molecule has 104 valence electrons. The lowest BCUT2D eigenvalue weighted by Crippen LogP contribution is -2.38. The maximum absolute atomic E-state index is 11.9. The van der Waals surface area contributed by atoms with Crippen LogP contribution in [0.15, 0.2) is 24.8 Å². The number of hydrogen-bond donors (Lipinski definition) is 2. The third-order valence-electron chi connectivity index (χ3n) is 3.64. The van der Waals surface area contributed by atoms with Crippen LogP contribution < -0.4 is 10.6 Å². The van der Waals surface area contributed by atoms with Gasteiger partial charge in [0.2, 0.25) is 5.91 Å². The molecule has 2 rings (SSSR count). The summed E-state index contributed by atoms with van der Waals surface area (Å²) in [5, 5.41) is 5.42. The molecule has 2 aliphatic rings. The van der Waals surface area contributed by atoms with Gasteiger partial charge in [0.05, 0.1) is 0 Å². The van der Waals surface area contributed by atoms with Crippen LogP contribution in [0.1, 0.15) is 12.8 Å². The van der Waals surface area contributed by atoms with E-state index < -0.39 is 6.09 Å². The molecular formula is C14H20N2O3. The Balaban J connectivity index is 1.58. The van der Waals surface area contributed by atoms with Gasteiger partial charge in [-0.3, -0.25) is 4.79 Å². The third-order valence-corrected chi connectivity index (χ3v) is 3.64. The van der Waals surface area contributed by atoms with Gasteiger partial charge < -0.3 is 15.4 Å². The number of nitrogens with one attached hydrogen (secondary N) is 2. The predicted octanol–water partition coefficient (Wildman–Crippen LogP) is 1.23. The van der Waals surface area contributed by atoms with E-state index in [2.05, 4.69) is 29.4 Å². The summed E-state index contributed by atoms with van der Waals surface area (Å²) in [6.45, 7) is 4.44. The van der Waals surface area contributed by atoms with E-state index in [0.717, 1.165) is 12.8 Å². The molecule has 5 nitrogen and oxygen atoms in total. The van der Waals surface area contributed by atoms with Crippen LogP contribution in [0.25, 0.3) is 0 Å². The molecule has 0 saturated heterocycles. The summed E-state index contributed by atoms with van der Waals surface area (Å²) in [6, 6.07) is 0. The molecule has 0 radical (unpaired) electrons. The normalized spacial score (nSPS) is 27.1. The Morgan fingerprint density at radius 3 is 2.68 bits per heavy atom. The van der Waals surface area contributed by atoms with Gasteiger partial charge in [0.25, 0.3) is 0 Å². The van der Waals surface area contributed by atoms with Gasteiger partial charge >= 0.3 is 6.09 Å². The maximum atomic E-state index is 11.9. The standard InChI is InChI=1S/C14H20N2O3/c1-2-7-19-14(18)16-6-5-15-13(17)12-9-10-3-4-11(12)8-10/h2-4,10-12H,1,5-9H2,(H,15,17)(H,16,18). The van der Waals surface area contributed by atoms with Crippen molar-refractivity contribution in [2.24, 2.45) is 17.8 Å². The minimum atomic E-state index is -0.489. The first-order valence-corrected chi connectivity index (χ1v) is 6.68. The number of hydrogen-bond acceptors (Lipinski definition) is 3. The molecule has 0 aromatic heterocycles. The lowest BCUT2D eigenvalue weighted by Gasteiger charge is -2.17. The van der Waals surface area contributed by atoms with Crippen molar-refractivity contribution >= 4 is 12.0 Å². The first-order chi connectivity index (χ1) is 9.20. The van der Waals surface area contributed by atoms with E-state index in [1.54, 1.807) is 0 Å². The van der Waals surface area contributed by atoms with Crippen molar-refractivity contribution in [2.45, 2.75) is 12.8 Å². The second-order valence-corrected chi connectivity index (χ2v) is 4.99. The highest BCUT2D eigenvalue weighted by atomic mass is 16.5. The fourth-order valence-corrected chi connectivity index (χ4v) is 2.75. The van der Waals surface area contributed by atoms with Crippen molar-refractivity contribution in [1.82, 2.24) is 10.6 Å². The van der Waals surface area contributed by atoms with Gasteiger partial charge in [0.15, 0.2) is 0 Å². The number of allylic oxidation sites excluding steroid dienone is 2. The van der Waals surface area contributed by atoms with Gasteiger partial charge in [-0.1, -0.05) is 24.8 Å². The Hall–Kier alpha value is -1.78. The smallest absolute Gasteiger partial charge is 0.407 e. The van der Waals surface area contributed by atoms with Gasteiger partial charge in [-0.2, -0.15) is 0 Å². The van der Waals surface area contributed by atoms with Crippen molar-refractivity contribution in [1.29, 1.82) is 0 Å². The first-order valence-electron chi connectivity index (χ1n) is 6.68. The van der Waals surface area contributed by atoms with E-state index >= 15 is 0 Å². The highest BCUT2D eigenvalue weighted by Gasteiger charge is 2.39. The Morgan fingerprint density at radius 2 is 2.05 bits per heavy atom. The molecule has 1 saturated carbocycles. The topological polar surface area (TPSA) is 67.4 Å². The van der Waals surface area contributed by atoms with Gasteiger partial charge in [0.1, 0.15) is 6.61 Å². The quantitative estimate of drug-likeness (QED) is 0.560. The summed E-state index contributed by atoms with van der Waals surface area (Å²) in [5.74, 6) is 1.21. The Morgan fingerprint density at radius 1 is 1.26 bits per heavy atom. The van der Waals surface area contributed by atoms with E-state index in [1.807, 2.05) is 0 Å². The molecule has 5 heteroatoms.